The molecule has 0 saturated heterocycles. The Bertz CT molecular complexity index is 572. The first-order valence-corrected chi connectivity index (χ1v) is 7.37. The van der Waals surface area contributed by atoms with E-state index in [4.69, 9.17) is 4.74 Å². The minimum Gasteiger partial charge on any atom is -0.507 e. The van der Waals surface area contributed by atoms with Crippen molar-refractivity contribution in [3.8, 4) is 5.75 Å². The summed E-state index contributed by atoms with van der Waals surface area (Å²) in [5.74, 6) is 0.255. The lowest BCUT2D eigenvalue weighted by Crippen LogP contribution is -2.03. The summed E-state index contributed by atoms with van der Waals surface area (Å²) >= 11 is 3.32. The quantitative estimate of drug-likeness (QED) is 0.826. The van der Waals surface area contributed by atoms with E-state index >= 15 is 0 Å². The van der Waals surface area contributed by atoms with Gasteiger partial charge < -0.3 is 15.2 Å². The summed E-state index contributed by atoms with van der Waals surface area (Å²) in [6.07, 6.45) is 0. The van der Waals surface area contributed by atoms with Crippen molar-refractivity contribution < 1.29 is 9.84 Å². The Hall–Kier alpha value is -1.52. The molecule has 2 N–H and O–H groups in total. The number of phenolic OH excluding ortho intramolecular Hbond substituents is 1. The standard InChI is InChI=1S/C16H18BrNO2/c1-2-20-11-13-5-3-4-6-15(13)18-10-12-7-8-16(19)14(17)9-12/h3-9,18-19H,2,10-11H2,1H3. The van der Waals surface area contributed by atoms with E-state index in [0.717, 1.165) is 16.8 Å². The van der Waals surface area contributed by atoms with Crippen molar-refractivity contribution in [1.29, 1.82) is 0 Å². The molecule has 0 heterocycles. The van der Waals surface area contributed by atoms with Gasteiger partial charge in [-0.1, -0.05) is 24.3 Å². The lowest BCUT2D eigenvalue weighted by molar-refractivity contribution is 0.134. The number of para-hydroxylation sites is 1. The minimum atomic E-state index is 0.255. The van der Waals surface area contributed by atoms with Crippen LogP contribution >= 0.6 is 15.9 Å². The summed E-state index contributed by atoms with van der Waals surface area (Å²) in [5, 5.41) is 12.9. The second-order valence-corrected chi connectivity index (χ2v) is 5.29. The molecular formula is C16H18BrNO2. The Kier molecular flexibility index (Phi) is 5.44. The molecule has 2 aromatic carbocycles. The van der Waals surface area contributed by atoms with E-state index in [2.05, 4.69) is 27.3 Å². The molecule has 0 unspecified atom stereocenters. The zero-order valence-electron chi connectivity index (χ0n) is 11.4. The second-order valence-electron chi connectivity index (χ2n) is 4.43. The van der Waals surface area contributed by atoms with Gasteiger partial charge in [-0.05, 0) is 46.6 Å². The Morgan fingerprint density at radius 1 is 1.20 bits per heavy atom. The van der Waals surface area contributed by atoms with E-state index < -0.39 is 0 Å². The maximum absolute atomic E-state index is 9.49. The lowest BCUT2D eigenvalue weighted by Gasteiger charge is -2.12. The molecule has 0 saturated carbocycles. The molecule has 2 rings (SSSR count). The molecule has 0 atom stereocenters. The Morgan fingerprint density at radius 2 is 2.00 bits per heavy atom. The van der Waals surface area contributed by atoms with Crippen LogP contribution in [-0.2, 0) is 17.9 Å². The molecule has 0 bridgehead atoms. The van der Waals surface area contributed by atoms with Crippen LogP contribution in [0, 0.1) is 0 Å². The summed E-state index contributed by atoms with van der Waals surface area (Å²) in [6, 6.07) is 13.6. The number of anilines is 1. The normalized spacial score (nSPS) is 10.5. The van der Waals surface area contributed by atoms with E-state index in [1.54, 1.807) is 6.07 Å². The van der Waals surface area contributed by atoms with Gasteiger partial charge in [-0.15, -0.1) is 0 Å². The van der Waals surface area contributed by atoms with Crippen molar-refractivity contribution in [2.24, 2.45) is 0 Å². The highest BCUT2D eigenvalue weighted by Crippen LogP contribution is 2.25. The average Bonchev–Trinajstić information content (AvgIpc) is 2.47. The first kappa shape index (κ1) is 14.9. The van der Waals surface area contributed by atoms with Gasteiger partial charge in [0.25, 0.3) is 0 Å². The SMILES string of the molecule is CCOCc1ccccc1NCc1ccc(O)c(Br)c1. The lowest BCUT2D eigenvalue weighted by atomic mass is 10.1. The number of hydrogen-bond donors (Lipinski definition) is 2. The van der Waals surface area contributed by atoms with Crippen LogP contribution in [0.1, 0.15) is 18.1 Å². The fourth-order valence-corrected chi connectivity index (χ4v) is 2.31. The summed E-state index contributed by atoms with van der Waals surface area (Å²) in [5.41, 5.74) is 3.32. The number of hydrogen-bond acceptors (Lipinski definition) is 3. The van der Waals surface area contributed by atoms with Crippen LogP contribution in [0.3, 0.4) is 0 Å². The van der Waals surface area contributed by atoms with E-state index in [0.29, 0.717) is 24.2 Å². The summed E-state index contributed by atoms with van der Waals surface area (Å²) in [7, 11) is 0. The summed E-state index contributed by atoms with van der Waals surface area (Å²) < 4.78 is 6.17. The van der Waals surface area contributed by atoms with Crippen molar-refractivity contribution in [2.45, 2.75) is 20.1 Å². The van der Waals surface area contributed by atoms with Crippen molar-refractivity contribution in [1.82, 2.24) is 0 Å². The number of phenols is 1. The van der Waals surface area contributed by atoms with E-state index in [9.17, 15) is 5.11 Å². The highest BCUT2D eigenvalue weighted by atomic mass is 79.9. The van der Waals surface area contributed by atoms with Crippen LogP contribution in [0.4, 0.5) is 5.69 Å². The van der Waals surface area contributed by atoms with Crippen LogP contribution in [-0.4, -0.2) is 11.7 Å². The zero-order chi connectivity index (χ0) is 14.4. The molecule has 20 heavy (non-hydrogen) atoms. The van der Waals surface area contributed by atoms with Gasteiger partial charge in [-0.2, -0.15) is 0 Å². The van der Waals surface area contributed by atoms with E-state index in [-0.39, 0.29) is 5.75 Å². The number of halogens is 1. The van der Waals surface area contributed by atoms with Gasteiger partial charge in [0.2, 0.25) is 0 Å². The van der Waals surface area contributed by atoms with Gasteiger partial charge in [0.1, 0.15) is 5.75 Å². The third-order valence-electron chi connectivity index (χ3n) is 2.97. The van der Waals surface area contributed by atoms with E-state index in [1.807, 2.05) is 37.3 Å². The second kappa shape index (κ2) is 7.31. The Morgan fingerprint density at radius 3 is 2.75 bits per heavy atom. The number of rotatable bonds is 6. The molecule has 106 valence electrons. The molecule has 4 heteroatoms. The molecule has 0 radical (unpaired) electrons. The molecule has 0 aromatic heterocycles. The maximum Gasteiger partial charge on any atom is 0.129 e. The van der Waals surface area contributed by atoms with Crippen LogP contribution in [0.25, 0.3) is 0 Å². The first-order chi connectivity index (χ1) is 9.70. The monoisotopic (exact) mass is 335 g/mol. The van der Waals surface area contributed by atoms with Gasteiger partial charge >= 0.3 is 0 Å². The largest absolute Gasteiger partial charge is 0.507 e. The van der Waals surface area contributed by atoms with Crippen LogP contribution < -0.4 is 5.32 Å². The van der Waals surface area contributed by atoms with E-state index in [1.165, 1.54) is 0 Å². The maximum atomic E-state index is 9.49. The van der Waals surface area contributed by atoms with Gasteiger partial charge in [0.15, 0.2) is 0 Å². The molecule has 0 amide bonds. The summed E-state index contributed by atoms with van der Waals surface area (Å²) in [6.45, 7) is 4.00. The number of nitrogens with one attached hydrogen (secondary N) is 1. The molecule has 0 aliphatic heterocycles. The topological polar surface area (TPSA) is 41.5 Å². The summed E-state index contributed by atoms with van der Waals surface area (Å²) in [4.78, 5) is 0. The van der Waals surface area contributed by atoms with Crippen LogP contribution in [0.2, 0.25) is 0 Å². The molecule has 0 aliphatic rings. The molecule has 3 nitrogen and oxygen atoms in total. The molecule has 0 spiro atoms. The number of aromatic hydroxyl groups is 1. The highest BCUT2D eigenvalue weighted by molar-refractivity contribution is 9.10. The van der Waals surface area contributed by atoms with Crippen molar-refractivity contribution in [3.05, 3.63) is 58.1 Å². The van der Waals surface area contributed by atoms with Crippen molar-refractivity contribution in [2.75, 3.05) is 11.9 Å². The van der Waals surface area contributed by atoms with Gasteiger partial charge in [0.05, 0.1) is 11.1 Å². The fraction of sp³-hybridized carbons (Fsp3) is 0.250. The van der Waals surface area contributed by atoms with Crippen LogP contribution in [0.5, 0.6) is 5.75 Å². The average molecular weight is 336 g/mol. The third kappa shape index (κ3) is 3.99. The number of benzene rings is 2. The first-order valence-electron chi connectivity index (χ1n) is 6.57. The Balaban J connectivity index is 2.04. The van der Waals surface area contributed by atoms with Gasteiger partial charge in [-0.3, -0.25) is 0 Å². The van der Waals surface area contributed by atoms with Crippen LogP contribution in [0.15, 0.2) is 46.9 Å². The minimum absolute atomic E-state index is 0.255. The fourth-order valence-electron chi connectivity index (χ4n) is 1.89. The zero-order valence-corrected chi connectivity index (χ0v) is 13.0. The Labute approximate surface area is 127 Å². The molecular weight excluding hydrogens is 318 g/mol. The predicted molar refractivity (Wildman–Crippen MR) is 84.9 cm³/mol. The third-order valence-corrected chi connectivity index (χ3v) is 3.61. The van der Waals surface area contributed by atoms with Crippen molar-refractivity contribution in [3.63, 3.8) is 0 Å². The molecule has 0 fully saturated rings. The predicted octanol–water partition coefficient (Wildman–Crippen LogP) is 4.30. The van der Waals surface area contributed by atoms with Crippen molar-refractivity contribution >= 4 is 21.6 Å². The number of ether oxygens (including phenoxy) is 1. The molecule has 2 aromatic rings. The van der Waals surface area contributed by atoms with Gasteiger partial charge in [0, 0.05) is 24.4 Å². The molecule has 0 aliphatic carbocycles. The van der Waals surface area contributed by atoms with Gasteiger partial charge in [-0.25, -0.2) is 0 Å². The highest BCUT2D eigenvalue weighted by Gasteiger charge is 2.03. The smallest absolute Gasteiger partial charge is 0.129 e.